The third-order valence-corrected chi connectivity index (χ3v) is 7.82. The van der Waals surface area contributed by atoms with E-state index in [1.54, 1.807) is 11.0 Å². The largest absolute Gasteiger partial charge is 0.496 e. The topological polar surface area (TPSA) is 75.7 Å². The molecule has 0 aliphatic carbocycles. The molecule has 7 heteroatoms. The highest BCUT2D eigenvalue weighted by Crippen LogP contribution is 2.27. The number of nitrogens with zero attached hydrogens (tertiary/aromatic N) is 1. The lowest BCUT2D eigenvalue weighted by Gasteiger charge is -2.22. The van der Waals surface area contributed by atoms with Crippen LogP contribution in [0.1, 0.15) is 71.3 Å². The number of sulfonamides is 1. The average molecular weight is 459 g/mol. The molecule has 6 nitrogen and oxygen atoms in total. The normalized spacial score (nSPS) is 15.8. The highest BCUT2D eigenvalue weighted by atomic mass is 32.2. The predicted octanol–water partition coefficient (Wildman–Crippen LogP) is 4.68. The van der Waals surface area contributed by atoms with Crippen molar-refractivity contribution in [3.63, 3.8) is 0 Å². The fraction of sp³-hybridized carbons (Fsp3) is 0.480. The Morgan fingerprint density at radius 1 is 0.969 bits per heavy atom. The zero-order valence-corrected chi connectivity index (χ0v) is 20.5. The van der Waals surface area contributed by atoms with Gasteiger partial charge in [0.05, 0.1) is 17.6 Å². The number of benzene rings is 2. The minimum Gasteiger partial charge on any atom is -0.496 e. The van der Waals surface area contributed by atoms with Gasteiger partial charge in [-0.05, 0) is 81.0 Å². The Labute approximate surface area is 192 Å². The molecule has 0 spiro atoms. The van der Waals surface area contributed by atoms with Crippen molar-refractivity contribution >= 4 is 15.9 Å². The van der Waals surface area contributed by atoms with Crippen LogP contribution in [0, 0.1) is 20.8 Å². The lowest BCUT2D eigenvalue weighted by molar-refractivity contribution is 0.0758. The first-order chi connectivity index (χ1) is 15.1. The molecule has 3 rings (SSSR count). The number of methoxy groups -OCH3 is 1. The summed E-state index contributed by atoms with van der Waals surface area (Å²) >= 11 is 0. The van der Waals surface area contributed by atoms with Crippen LogP contribution in [0.2, 0.25) is 0 Å². The third-order valence-electron chi connectivity index (χ3n) is 6.29. The summed E-state index contributed by atoms with van der Waals surface area (Å²) in [6.07, 6.45) is 4.13. The van der Waals surface area contributed by atoms with E-state index in [1.807, 2.05) is 33.8 Å². The monoisotopic (exact) mass is 458 g/mol. The van der Waals surface area contributed by atoms with Gasteiger partial charge in [-0.25, -0.2) is 13.1 Å². The van der Waals surface area contributed by atoms with Crippen LogP contribution in [0.25, 0.3) is 0 Å². The molecule has 0 saturated carbocycles. The van der Waals surface area contributed by atoms with E-state index in [1.165, 1.54) is 24.8 Å². The molecule has 0 unspecified atom stereocenters. The second-order valence-electron chi connectivity index (χ2n) is 8.70. The number of carbonyl (C=O) groups is 1. The van der Waals surface area contributed by atoms with Gasteiger partial charge in [-0.1, -0.05) is 25.0 Å². The van der Waals surface area contributed by atoms with Crippen molar-refractivity contribution in [1.82, 2.24) is 9.62 Å². The van der Waals surface area contributed by atoms with Gasteiger partial charge in [-0.3, -0.25) is 4.79 Å². The first-order valence-corrected chi connectivity index (χ1v) is 12.7. The number of likely N-dealkylation sites (tertiary alicyclic amines) is 1. The molecule has 1 N–H and O–H groups in total. The molecule has 1 aliphatic rings. The standard InChI is InChI=1S/C25H34N2O4S/c1-17-14-19(3)22(15-18(17)2)20(4)26-32(29,30)21-10-11-24(31-5)23(16-21)25(28)27-12-8-6-7-9-13-27/h10-11,14-16,20,26H,6-9,12-13H2,1-5H3/t20-/m1/s1. The van der Waals surface area contributed by atoms with Gasteiger partial charge < -0.3 is 9.64 Å². The number of hydrogen-bond donors (Lipinski definition) is 1. The molecule has 0 aromatic heterocycles. The summed E-state index contributed by atoms with van der Waals surface area (Å²) < 4.78 is 34.6. The van der Waals surface area contributed by atoms with Gasteiger partial charge in [-0.15, -0.1) is 0 Å². The molecule has 0 radical (unpaired) electrons. The van der Waals surface area contributed by atoms with Crippen molar-refractivity contribution in [1.29, 1.82) is 0 Å². The number of hydrogen-bond acceptors (Lipinski definition) is 4. The first-order valence-electron chi connectivity index (χ1n) is 11.2. The summed E-state index contributed by atoms with van der Waals surface area (Å²) in [5, 5.41) is 0. The summed E-state index contributed by atoms with van der Waals surface area (Å²) in [6.45, 7) is 9.24. The number of ether oxygens (including phenoxy) is 1. The lowest BCUT2D eigenvalue weighted by atomic mass is 9.97. The molecule has 2 aromatic rings. The van der Waals surface area contributed by atoms with Gasteiger partial charge in [0.15, 0.2) is 0 Å². The first kappa shape index (κ1) is 24.3. The molecule has 1 aliphatic heterocycles. The molecule has 1 atom stereocenters. The maximum Gasteiger partial charge on any atom is 0.257 e. The fourth-order valence-electron chi connectivity index (χ4n) is 4.28. The zero-order chi connectivity index (χ0) is 23.5. The minimum atomic E-state index is -3.84. The molecule has 1 heterocycles. The summed E-state index contributed by atoms with van der Waals surface area (Å²) in [4.78, 5) is 15.1. The highest BCUT2D eigenvalue weighted by molar-refractivity contribution is 7.89. The van der Waals surface area contributed by atoms with E-state index >= 15 is 0 Å². The Bertz CT molecular complexity index is 1090. The maximum atomic E-state index is 13.2. The van der Waals surface area contributed by atoms with Crippen LogP contribution in [0.15, 0.2) is 35.2 Å². The van der Waals surface area contributed by atoms with E-state index < -0.39 is 16.1 Å². The number of amides is 1. The van der Waals surface area contributed by atoms with Gasteiger partial charge in [0, 0.05) is 19.1 Å². The Morgan fingerprint density at radius 3 is 2.22 bits per heavy atom. The number of aryl methyl sites for hydroxylation is 3. The summed E-state index contributed by atoms with van der Waals surface area (Å²) in [7, 11) is -2.35. The Kier molecular flexibility index (Phi) is 7.62. The van der Waals surface area contributed by atoms with Crippen molar-refractivity contribution in [3.05, 3.63) is 58.1 Å². The van der Waals surface area contributed by atoms with Crippen LogP contribution in [-0.4, -0.2) is 39.4 Å². The van der Waals surface area contributed by atoms with Crippen molar-refractivity contribution in [2.75, 3.05) is 20.2 Å². The SMILES string of the molecule is COc1ccc(S(=O)(=O)N[C@H](C)c2cc(C)c(C)cc2C)cc1C(=O)N1CCCCCC1. The Hall–Kier alpha value is -2.38. The van der Waals surface area contributed by atoms with Crippen molar-refractivity contribution in [2.24, 2.45) is 0 Å². The van der Waals surface area contributed by atoms with Crippen LogP contribution in [0.3, 0.4) is 0 Å². The highest BCUT2D eigenvalue weighted by Gasteiger charge is 2.25. The van der Waals surface area contributed by atoms with E-state index in [9.17, 15) is 13.2 Å². The van der Waals surface area contributed by atoms with Crippen LogP contribution in [-0.2, 0) is 10.0 Å². The van der Waals surface area contributed by atoms with E-state index in [-0.39, 0.29) is 16.4 Å². The van der Waals surface area contributed by atoms with Crippen LogP contribution >= 0.6 is 0 Å². The van der Waals surface area contributed by atoms with Crippen LogP contribution in [0.4, 0.5) is 0 Å². The summed E-state index contributed by atoms with van der Waals surface area (Å²) in [5.74, 6) is 0.204. The second kappa shape index (κ2) is 10.0. The molecule has 1 fully saturated rings. The van der Waals surface area contributed by atoms with Gasteiger partial charge in [0.25, 0.3) is 5.91 Å². The summed E-state index contributed by atoms with van der Waals surface area (Å²) in [6, 6.07) is 8.17. The average Bonchev–Trinajstić information content (AvgIpc) is 3.04. The van der Waals surface area contributed by atoms with Crippen molar-refractivity contribution in [2.45, 2.75) is 64.3 Å². The van der Waals surface area contributed by atoms with Crippen molar-refractivity contribution in [3.8, 4) is 5.75 Å². The van der Waals surface area contributed by atoms with E-state index in [0.29, 0.717) is 18.8 Å². The smallest absolute Gasteiger partial charge is 0.257 e. The molecule has 174 valence electrons. The number of carbonyl (C=O) groups excluding carboxylic acids is 1. The molecular weight excluding hydrogens is 424 g/mol. The minimum absolute atomic E-state index is 0.0600. The third kappa shape index (κ3) is 5.33. The molecule has 1 amide bonds. The van der Waals surface area contributed by atoms with Crippen molar-refractivity contribution < 1.29 is 17.9 Å². The molecule has 0 bridgehead atoms. The fourth-order valence-corrected chi connectivity index (χ4v) is 5.53. The van der Waals surface area contributed by atoms with Gasteiger partial charge in [-0.2, -0.15) is 0 Å². The van der Waals surface area contributed by atoms with E-state index in [0.717, 1.165) is 42.4 Å². The second-order valence-corrected chi connectivity index (χ2v) is 10.4. The van der Waals surface area contributed by atoms with Crippen LogP contribution < -0.4 is 9.46 Å². The van der Waals surface area contributed by atoms with Gasteiger partial charge >= 0.3 is 0 Å². The van der Waals surface area contributed by atoms with E-state index in [4.69, 9.17) is 4.74 Å². The Morgan fingerprint density at radius 2 is 1.59 bits per heavy atom. The molecule has 2 aromatic carbocycles. The summed E-state index contributed by atoms with van der Waals surface area (Å²) in [5.41, 5.74) is 4.55. The number of rotatable bonds is 6. The molecular formula is C25H34N2O4S. The lowest BCUT2D eigenvalue weighted by Crippen LogP contribution is -2.32. The van der Waals surface area contributed by atoms with Gasteiger partial charge in [0.2, 0.25) is 10.0 Å². The predicted molar refractivity (Wildman–Crippen MR) is 127 cm³/mol. The van der Waals surface area contributed by atoms with Crippen LogP contribution in [0.5, 0.6) is 5.75 Å². The van der Waals surface area contributed by atoms with E-state index in [2.05, 4.69) is 10.8 Å². The Balaban J connectivity index is 1.90. The quantitative estimate of drug-likeness (QED) is 0.682. The number of nitrogens with one attached hydrogen (secondary N) is 1. The van der Waals surface area contributed by atoms with Gasteiger partial charge in [0.1, 0.15) is 5.75 Å². The maximum absolute atomic E-state index is 13.2. The molecule has 1 saturated heterocycles. The molecule has 32 heavy (non-hydrogen) atoms. The zero-order valence-electron chi connectivity index (χ0n) is 19.7.